The third-order valence-corrected chi connectivity index (χ3v) is 2.42. The molecule has 0 radical (unpaired) electrons. The van der Waals surface area contributed by atoms with E-state index in [1.54, 1.807) is 36.4 Å². The van der Waals surface area contributed by atoms with E-state index < -0.39 is 5.91 Å². The molecule has 4 N–H and O–H groups in total. The van der Waals surface area contributed by atoms with Crippen LogP contribution in [0.15, 0.2) is 36.4 Å². The number of rotatable bonds is 3. The van der Waals surface area contributed by atoms with Crippen LogP contribution in [0.2, 0.25) is 5.15 Å². The summed E-state index contributed by atoms with van der Waals surface area (Å²) in [6.07, 6.45) is 0. The third-order valence-electron chi connectivity index (χ3n) is 2.21. The monoisotopic (exact) mass is 263 g/mol. The van der Waals surface area contributed by atoms with E-state index in [1.165, 1.54) is 0 Å². The molecule has 0 bridgehead atoms. The number of carbonyl (C=O) groups excluding carboxylic acids is 1. The normalized spacial score (nSPS) is 10.1. The molecule has 0 aliphatic carbocycles. The summed E-state index contributed by atoms with van der Waals surface area (Å²) < 4.78 is 5.45. The first-order chi connectivity index (χ1) is 8.56. The maximum absolute atomic E-state index is 10.9. The average molecular weight is 264 g/mol. The van der Waals surface area contributed by atoms with Crippen LogP contribution in [0.25, 0.3) is 0 Å². The summed E-state index contributed by atoms with van der Waals surface area (Å²) in [6.45, 7) is 0. The average Bonchev–Trinajstić information content (AvgIpc) is 2.34. The first kappa shape index (κ1) is 12.2. The molecule has 1 aromatic carbocycles. The molecule has 5 nitrogen and oxygen atoms in total. The Morgan fingerprint density at radius 2 is 1.83 bits per heavy atom. The van der Waals surface area contributed by atoms with Gasteiger partial charge in [-0.25, -0.2) is 0 Å². The van der Waals surface area contributed by atoms with E-state index in [4.69, 9.17) is 27.8 Å². The Labute approximate surface area is 108 Å². The number of ether oxygens (including phenoxy) is 1. The quantitative estimate of drug-likeness (QED) is 0.831. The van der Waals surface area contributed by atoms with Crippen LogP contribution in [0, 0.1) is 0 Å². The molecule has 0 spiro atoms. The molecule has 2 rings (SSSR count). The van der Waals surface area contributed by atoms with Crippen molar-refractivity contribution in [3.63, 3.8) is 0 Å². The molecule has 0 atom stereocenters. The highest BCUT2D eigenvalue weighted by Crippen LogP contribution is 2.26. The van der Waals surface area contributed by atoms with Gasteiger partial charge in [-0.3, -0.25) is 4.79 Å². The van der Waals surface area contributed by atoms with Crippen molar-refractivity contribution in [3.8, 4) is 11.6 Å². The van der Waals surface area contributed by atoms with Crippen LogP contribution < -0.4 is 16.2 Å². The number of hydrogen-bond acceptors (Lipinski definition) is 4. The van der Waals surface area contributed by atoms with Gasteiger partial charge in [-0.2, -0.15) is 4.98 Å². The van der Waals surface area contributed by atoms with E-state index >= 15 is 0 Å². The van der Waals surface area contributed by atoms with Gasteiger partial charge in [0, 0.05) is 5.56 Å². The van der Waals surface area contributed by atoms with Crippen molar-refractivity contribution in [1.82, 2.24) is 4.98 Å². The number of nitrogens with two attached hydrogens (primary N) is 2. The molecule has 1 amide bonds. The predicted octanol–water partition coefficient (Wildman–Crippen LogP) is 2.21. The SMILES string of the molecule is NC(=O)c1ccc(Oc2nc(Cl)ccc2N)cc1. The van der Waals surface area contributed by atoms with E-state index in [1.807, 2.05) is 0 Å². The molecule has 2 aromatic rings. The Balaban J connectivity index is 2.23. The number of amides is 1. The van der Waals surface area contributed by atoms with Gasteiger partial charge in [0.05, 0.1) is 5.69 Å². The van der Waals surface area contributed by atoms with Gasteiger partial charge < -0.3 is 16.2 Å². The number of nitrogens with zero attached hydrogens (tertiary/aromatic N) is 1. The fourth-order valence-corrected chi connectivity index (χ4v) is 1.45. The van der Waals surface area contributed by atoms with Crippen LogP contribution in [0.4, 0.5) is 5.69 Å². The summed E-state index contributed by atoms with van der Waals surface area (Å²) in [5.74, 6) is 0.206. The van der Waals surface area contributed by atoms with Crippen molar-refractivity contribution in [2.45, 2.75) is 0 Å². The predicted molar refractivity (Wildman–Crippen MR) is 68.7 cm³/mol. The lowest BCUT2D eigenvalue weighted by molar-refractivity contribution is 0.100. The lowest BCUT2D eigenvalue weighted by atomic mass is 10.2. The second-order valence-electron chi connectivity index (χ2n) is 3.52. The first-order valence-electron chi connectivity index (χ1n) is 5.06. The summed E-state index contributed by atoms with van der Waals surface area (Å²) in [7, 11) is 0. The van der Waals surface area contributed by atoms with Gasteiger partial charge in [0.2, 0.25) is 11.8 Å². The summed E-state index contributed by atoms with van der Waals surface area (Å²) in [6, 6.07) is 9.48. The molecule has 0 saturated heterocycles. The van der Waals surface area contributed by atoms with Gasteiger partial charge in [0.1, 0.15) is 10.9 Å². The van der Waals surface area contributed by atoms with Gasteiger partial charge in [-0.05, 0) is 36.4 Å². The second-order valence-corrected chi connectivity index (χ2v) is 3.91. The number of pyridine rings is 1. The van der Waals surface area contributed by atoms with Crippen molar-refractivity contribution >= 4 is 23.2 Å². The molecule has 1 heterocycles. The van der Waals surface area contributed by atoms with Crippen molar-refractivity contribution in [2.75, 3.05) is 5.73 Å². The Bertz CT molecular complexity index is 584. The number of aromatic nitrogens is 1. The van der Waals surface area contributed by atoms with Crippen LogP contribution >= 0.6 is 11.6 Å². The highest BCUT2D eigenvalue weighted by molar-refractivity contribution is 6.29. The number of benzene rings is 1. The molecule has 18 heavy (non-hydrogen) atoms. The maximum atomic E-state index is 10.9. The number of carbonyl (C=O) groups is 1. The van der Waals surface area contributed by atoms with Gasteiger partial charge in [0.25, 0.3) is 0 Å². The van der Waals surface area contributed by atoms with Gasteiger partial charge in [-0.15, -0.1) is 0 Å². The highest BCUT2D eigenvalue weighted by Gasteiger charge is 2.06. The van der Waals surface area contributed by atoms with Gasteiger partial charge >= 0.3 is 0 Å². The number of nitrogen functional groups attached to an aromatic ring is 1. The summed E-state index contributed by atoms with van der Waals surface area (Å²) in [4.78, 5) is 14.9. The molecular weight excluding hydrogens is 254 g/mol. The van der Waals surface area contributed by atoms with E-state index in [2.05, 4.69) is 4.98 Å². The molecule has 1 aromatic heterocycles. The number of primary amides is 1. The zero-order valence-corrected chi connectivity index (χ0v) is 10.0. The van der Waals surface area contributed by atoms with Crippen LogP contribution in [-0.2, 0) is 0 Å². The zero-order chi connectivity index (χ0) is 13.1. The minimum atomic E-state index is -0.498. The molecule has 0 aliphatic rings. The van der Waals surface area contributed by atoms with E-state index in [9.17, 15) is 4.79 Å². The summed E-state index contributed by atoms with van der Waals surface area (Å²) in [5.41, 5.74) is 11.6. The topological polar surface area (TPSA) is 91.2 Å². The largest absolute Gasteiger partial charge is 0.437 e. The lowest BCUT2D eigenvalue weighted by Crippen LogP contribution is -2.10. The fourth-order valence-electron chi connectivity index (χ4n) is 1.31. The van der Waals surface area contributed by atoms with Crippen molar-refractivity contribution in [3.05, 3.63) is 47.1 Å². The van der Waals surface area contributed by atoms with E-state index in [0.717, 1.165) is 0 Å². The minimum absolute atomic E-state index is 0.217. The van der Waals surface area contributed by atoms with E-state index in [0.29, 0.717) is 17.0 Å². The van der Waals surface area contributed by atoms with E-state index in [-0.39, 0.29) is 11.0 Å². The first-order valence-corrected chi connectivity index (χ1v) is 5.44. The van der Waals surface area contributed by atoms with Crippen LogP contribution in [0.5, 0.6) is 11.6 Å². The molecule has 0 saturated carbocycles. The summed E-state index contributed by atoms with van der Waals surface area (Å²) >= 11 is 5.74. The fraction of sp³-hybridized carbons (Fsp3) is 0. The Morgan fingerprint density at radius 3 is 2.44 bits per heavy atom. The number of halogens is 1. The molecular formula is C12H10ClN3O2. The Kier molecular flexibility index (Phi) is 3.34. The molecule has 92 valence electrons. The Morgan fingerprint density at radius 1 is 1.17 bits per heavy atom. The molecule has 0 fully saturated rings. The standard InChI is InChI=1S/C12H10ClN3O2/c13-10-6-5-9(14)12(16-10)18-8-3-1-7(2-4-8)11(15)17/h1-6H,14H2,(H2,15,17). The van der Waals surface area contributed by atoms with Crippen LogP contribution in [-0.4, -0.2) is 10.9 Å². The summed E-state index contributed by atoms with van der Waals surface area (Å²) in [5, 5.41) is 0.285. The van der Waals surface area contributed by atoms with Crippen molar-refractivity contribution < 1.29 is 9.53 Å². The van der Waals surface area contributed by atoms with Gasteiger partial charge in [-0.1, -0.05) is 11.6 Å². The molecule has 0 unspecified atom stereocenters. The van der Waals surface area contributed by atoms with Crippen molar-refractivity contribution in [2.24, 2.45) is 5.73 Å². The smallest absolute Gasteiger partial charge is 0.248 e. The molecule has 6 heteroatoms. The Hall–Kier alpha value is -2.27. The van der Waals surface area contributed by atoms with Crippen molar-refractivity contribution in [1.29, 1.82) is 0 Å². The van der Waals surface area contributed by atoms with Gasteiger partial charge in [0.15, 0.2) is 0 Å². The lowest BCUT2D eigenvalue weighted by Gasteiger charge is -2.07. The third kappa shape index (κ3) is 2.70. The molecule has 0 aliphatic heterocycles. The zero-order valence-electron chi connectivity index (χ0n) is 9.26. The number of anilines is 1. The minimum Gasteiger partial charge on any atom is -0.437 e. The van der Waals surface area contributed by atoms with Crippen LogP contribution in [0.1, 0.15) is 10.4 Å². The number of hydrogen-bond donors (Lipinski definition) is 2. The second kappa shape index (κ2) is 4.93. The highest BCUT2D eigenvalue weighted by atomic mass is 35.5. The maximum Gasteiger partial charge on any atom is 0.248 e. The van der Waals surface area contributed by atoms with Crippen LogP contribution in [0.3, 0.4) is 0 Å².